The number of carboxylic acid groups (broad SMARTS) is 1. The number of aromatic nitrogens is 3. The molecule has 0 bridgehead atoms. The van der Waals surface area contributed by atoms with Gasteiger partial charge in [0.05, 0.1) is 12.2 Å². The Morgan fingerprint density at radius 1 is 1.26 bits per heavy atom. The number of rotatable bonds is 3. The van der Waals surface area contributed by atoms with Crippen molar-refractivity contribution in [3.63, 3.8) is 0 Å². The van der Waals surface area contributed by atoms with E-state index in [9.17, 15) is 4.79 Å². The number of nitrogen functional groups attached to an aromatic ring is 1. The molecule has 0 fully saturated rings. The lowest BCUT2D eigenvalue weighted by molar-refractivity contribution is 0.153. The SMILES string of the molecule is CN(Cc1ccc(-c2cnc(N)nc2)nc1)C(=O)O. The first kappa shape index (κ1) is 12.7. The van der Waals surface area contributed by atoms with Crippen LogP contribution < -0.4 is 5.73 Å². The summed E-state index contributed by atoms with van der Waals surface area (Å²) in [6.45, 7) is 0.293. The Bertz CT molecular complexity index is 568. The zero-order valence-electron chi connectivity index (χ0n) is 10.3. The Kier molecular flexibility index (Phi) is 3.56. The van der Waals surface area contributed by atoms with Crippen LogP contribution in [0.15, 0.2) is 30.7 Å². The minimum absolute atomic E-state index is 0.212. The van der Waals surface area contributed by atoms with Crippen molar-refractivity contribution in [2.24, 2.45) is 0 Å². The summed E-state index contributed by atoms with van der Waals surface area (Å²) in [5.74, 6) is 0.212. The van der Waals surface area contributed by atoms with E-state index >= 15 is 0 Å². The average molecular weight is 259 g/mol. The molecule has 0 saturated carbocycles. The number of nitrogens with two attached hydrogens (primary N) is 1. The second-order valence-corrected chi connectivity index (χ2v) is 4.02. The molecule has 2 heterocycles. The van der Waals surface area contributed by atoms with Crippen LogP contribution in [0.2, 0.25) is 0 Å². The lowest BCUT2D eigenvalue weighted by Crippen LogP contribution is -2.23. The van der Waals surface area contributed by atoms with Gasteiger partial charge in [-0.1, -0.05) is 6.07 Å². The standard InChI is InChI=1S/C12H13N5O2/c1-17(12(18)19)7-8-2-3-10(14-4-8)9-5-15-11(13)16-6-9/h2-6H,7H2,1H3,(H,18,19)(H2,13,15,16). The second kappa shape index (κ2) is 5.30. The highest BCUT2D eigenvalue weighted by atomic mass is 16.4. The minimum atomic E-state index is -0.976. The van der Waals surface area contributed by atoms with Crippen LogP contribution in [0, 0.1) is 0 Å². The zero-order valence-corrected chi connectivity index (χ0v) is 10.3. The summed E-state index contributed by atoms with van der Waals surface area (Å²) in [6, 6.07) is 3.61. The van der Waals surface area contributed by atoms with Crippen molar-refractivity contribution in [2.75, 3.05) is 12.8 Å². The largest absolute Gasteiger partial charge is 0.465 e. The molecular weight excluding hydrogens is 246 g/mol. The molecule has 0 radical (unpaired) electrons. The monoisotopic (exact) mass is 259 g/mol. The van der Waals surface area contributed by atoms with Gasteiger partial charge in [0.15, 0.2) is 0 Å². The van der Waals surface area contributed by atoms with Crippen molar-refractivity contribution in [3.05, 3.63) is 36.3 Å². The molecule has 2 rings (SSSR count). The maximum absolute atomic E-state index is 10.7. The fourth-order valence-electron chi connectivity index (χ4n) is 1.50. The number of hydrogen-bond acceptors (Lipinski definition) is 5. The summed E-state index contributed by atoms with van der Waals surface area (Å²) in [6.07, 6.45) is 3.84. The van der Waals surface area contributed by atoms with Crippen LogP contribution in [0.3, 0.4) is 0 Å². The molecule has 2 aromatic rings. The predicted octanol–water partition coefficient (Wildman–Crippen LogP) is 1.23. The maximum atomic E-state index is 10.7. The second-order valence-electron chi connectivity index (χ2n) is 4.02. The van der Waals surface area contributed by atoms with Crippen molar-refractivity contribution in [1.82, 2.24) is 19.9 Å². The molecule has 0 aromatic carbocycles. The molecule has 0 spiro atoms. The van der Waals surface area contributed by atoms with Crippen molar-refractivity contribution in [2.45, 2.75) is 6.54 Å². The topological polar surface area (TPSA) is 105 Å². The van der Waals surface area contributed by atoms with Crippen LogP contribution in [0.1, 0.15) is 5.56 Å². The number of carbonyl (C=O) groups is 1. The van der Waals surface area contributed by atoms with Crippen molar-refractivity contribution < 1.29 is 9.90 Å². The highest BCUT2D eigenvalue weighted by Crippen LogP contribution is 2.15. The summed E-state index contributed by atoms with van der Waals surface area (Å²) >= 11 is 0. The molecule has 19 heavy (non-hydrogen) atoms. The van der Waals surface area contributed by atoms with E-state index < -0.39 is 6.09 Å². The molecule has 1 amide bonds. The van der Waals surface area contributed by atoms with E-state index in [4.69, 9.17) is 10.8 Å². The molecule has 7 heteroatoms. The van der Waals surface area contributed by atoms with Gasteiger partial charge in [0.25, 0.3) is 0 Å². The molecule has 0 saturated heterocycles. The summed E-state index contributed by atoms with van der Waals surface area (Å²) in [5, 5.41) is 8.78. The molecule has 2 aromatic heterocycles. The molecule has 0 aliphatic carbocycles. The summed E-state index contributed by atoms with van der Waals surface area (Å²) in [4.78, 5) is 23.9. The van der Waals surface area contributed by atoms with Crippen LogP contribution in [-0.4, -0.2) is 38.1 Å². The van der Waals surface area contributed by atoms with Gasteiger partial charge in [-0.15, -0.1) is 0 Å². The highest BCUT2D eigenvalue weighted by Gasteiger charge is 2.07. The van der Waals surface area contributed by atoms with Gasteiger partial charge in [0.2, 0.25) is 5.95 Å². The Balaban J connectivity index is 2.14. The van der Waals surface area contributed by atoms with Gasteiger partial charge in [0.1, 0.15) is 0 Å². The molecule has 0 unspecified atom stereocenters. The molecule has 7 nitrogen and oxygen atoms in total. The summed E-state index contributed by atoms with van der Waals surface area (Å²) in [7, 11) is 1.50. The fourth-order valence-corrected chi connectivity index (χ4v) is 1.50. The zero-order chi connectivity index (χ0) is 13.8. The predicted molar refractivity (Wildman–Crippen MR) is 69.2 cm³/mol. The quantitative estimate of drug-likeness (QED) is 0.858. The summed E-state index contributed by atoms with van der Waals surface area (Å²) in [5.41, 5.74) is 7.69. The van der Waals surface area contributed by atoms with Crippen molar-refractivity contribution in [3.8, 4) is 11.3 Å². The molecular formula is C12H13N5O2. The molecule has 0 atom stereocenters. The van der Waals surface area contributed by atoms with E-state index in [1.807, 2.05) is 6.07 Å². The van der Waals surface area contributed by atoms with E-state index in [-0.39, 0.29) is 5.95 Å². The van der Waals surface area contributed by atoms with E-state index in [2.05, 4.69) is 15.0 Å². The lowest BCUT2D eigenvalue weighted by Gasteiger charge is -2.12. The number of pyridine rings is 1. The third-order valence-electron chi connectivity index (χ3n) is 2.54. The van der Waals surface area contributed by atoms with Crippen molar-refractivity contribution >= 4 is 12.0 Å². The number of anilines is 1. The van der Waals surface area contributed by atoms with E-state index in [0.717, 1.165) is 11.1 Å². The van der Waals surface area contributed by atoms with Gasteiger partial charge in [-0.05, 0) is 11.6 Å². The Morgan fingerprint density at radius 3 is 2.47 bits per heavy atom. The van der Waals surface area contributed by atoms with Crippen LogP contribution in [0.5, 0.6) is 0 Å². The van der Waals surface area contributed by atoms with Gasteiger partial charge in [-0.3, -0.25) is 4.98 Å². The van der Waals surface area contributed by atoms with E-state index in [1.165, 1.54) is 11.9 Å². The number of hydrogen-bond donors (Lipinski definition) is 2. The summed E-state index contributed by atoms with van der Waals surface area (Å²) < 4.78 is 0. The smallest absolute Gasteiger partial charge is 0.407 e. The van der Waals surface area contributed by atoms with Crippen LogP contribution in [0.4, 0.5) is 10.7 Å². The van der Waals surface area contributed by atoms with Gasteiger partial charge in [0, 0.05) is 31.2 Å². The third kappa shape index (κ3) is 3.15. The maximum Gasteiger partial charge on any atom is 0.407 e. The minimum Gasteiger partial charge on any atom is -0.465 e. The Hall–Kier alpha value is -2.70. The molecule has 0 aliphatic rings. The number of amides is 1. The fraction of sp³-hybridized carbons (Fsp3) is 0.167. The average Bonchev–Trinajstić information content (AvgIpc) is 2.40. The molecule has 3 N–H and O–H groups in total. The van der Waals surface area contributed by atoms with Crippen LogP contribution >= 0.6 is 0 Å². The van der Waals surface area contributed by atoms with Gasteiger partial charge >= 0.3 is 6.09 Å². The van der Waals surface area contributed by atoms with Gasteiger partial charge < -0.3 is 15.7 Å². The Labute approximate surface area is 109 Å². The molecule has 98 valence electrons. The Morgan fingerprint density at radius 2 is 1.95 bits per heavy atom. The van der Waals surface area contributed by atoms with E-state index in [1.54, 1.807) is 24.7 Å². The first-order valence-corrected chi connectivity index (χ1v) is 5.53. The van der Waals surface area contributed by atoms with Gasteiger partial charge in [-0.25, -0.2) is 14.8 Å². The third-order valence-corrected chi connectivity index (χ3v) is 2.54. The number of nitrogens with zero attached hydrogens (tertiary/aromatic N) is 4. The normalized spacial score (nSPS) is 10.2. The van der Waals surface area contributed by atoms with E-state index in [0.29, 0.717) is 12.2 Å². The molecule has 0 aliphatic heterocycles. The lowest BCUT2D eigenvalue weighted by atomic mass is 10.2. The first-order valence-electron chi connectivity index (χ1n) is 5.53. The first-order chi connectivity index (χ1) is 9.06. The van der Waals surface area contributed by atoms with Crippen LogP contribution in [-0.2, 0) is 6.54 Å². The van der Waals surface area contributed by atoms with Crippen LogP contribution in [0.25, 0.3) is 11.3 Å². The highest BCUT2D eigenvalue weighted by molar-refractivity contribution is 5.64. The van der Waals surface area contributed by atoms with Gasteiger partial charge in [-0.2, -0.15) is 0 Å². The van der Waals surface area contributed by atoms with Crippen molar-refractivity contribution in [1.29, 1.82) is 0 Å².